The monoisotopic (exact) mass is 309 g/mol. The van der Waals surface area contributed by atoms with Crippen molar-refractivity contribution in [2.24, 2.45) is 0 Å². The van der Waals surface area contributed by atoms with Gasteiger partial charge >= 0.3 is 0 Å². The predicted molar refractivity (Wildman–Crippen MR) is 88.0 cm³/mol. The van der Waals surface area contributed by atoms with Gasteiger partial charge in [-0.2, -0.15) is 0 Å². The maximum Gasteiger partial charge on any atom is 0.248 e. The van der Waals surface area contributed by atoms with Crippen LogP contribution in [0.25, 0.3) is 11.1 Å². The number of rotatable bonds is 4. The first kappa shape index (κ1) is 15.0. The average Bonchev–Trinajstić information content (AvgIpc) is 2.54. The molecule has 2 aromatic carbocycles. The van der Waals surface area contributed by atoms with Crippen LogP contribution in [0.2, 0.25) is 0 Å². The molecule has 0 spiro atoms. The molecule has 3 nitrogen and oxygen atoms in total. The largest absolute Gasteiger partial charge is 0.489 e. The van der Waals surface area contributed by atoms with Crippen molar-refractivity contribution in [2.75, 3.05) is 0 Å². The third kappa shape index (κ3) is 3.66. The van der Waals surface area contributed by atoms with E-state index in [0.717, 1.165) is 16.7 Å². The van der Waals surface area contributed by atoms with E-state index in [1.54, 1.807) is 12.3 Å². The summed E-state index contributed by atoms with van der Waals surface area (Å²) in [6, 6.07) is 15.8. The molecular formula is C19H16FNO2. The molecule has 0 amide bonds. The van der Waals surface area contributed by atoms with Gasteiger partial charge in [0, 0.05) is 17.8 Å². The van der Waals surface area contributed by atoms with Gasteiger partial charge in [-0.1, -0.05) is 24.3 Å². The number of aromatic amines is 1. The molecule has 3 rings (SSSR count). The van der Waals surface area contributed by atoms with Gasteiger partial charge in [0.05, 0.1) is 0 Å². The van der Waals surface area contributed by atoms with E-state index in [0.29, 0.717) is 11.3 Å². The zero-order chi connectivity index (χ0) is 16.2. The van der Waals surface area contributed by atoms with Gasteiger partial charge in [-0.15, -0.1) is 0 Å². The maximum absolute atomic E-state index is 13.8. The summed E-state index contributed by atoms with van der Waals surface area (Å²) in [5.74, 6) is 0.360. The van der Waals surface area contributed by atoms with E-state index in [1.807, 2.05) is 43.3 Å². The third-order valence-electron chi connectivity index (χ3n) is 3.55. The zero-order valence-electron chi connectivity index (χ0n) is 12.7. The molecule has 0 aliphatic heterocycles. The summed E-state index contributed by atoms with van der Waals surface area (Å²) in [7, 11) is 0. The Hall–Kier alpha value is -2.88. The minimum Gasteiger partial charge on any atom is -0.489 e. The minimum atomic E-state index is -0.268. The lowest BCUT2D eigenvalue weighted by atomic mass is 10.1. The molecule has 1 aromatic heterocycles. The molecule has 1 N–H and O–H groups in total. The van der Waals surface area contributed by atoms with E-state index in [2.05, 4.69) is 4.98 Å². The van der Waals surface area contributed by atoms with E-state index in [9.17, 15) is 9.18 Å². The second-order valence-corrected chi connectivity index (χ2v) is 5.35. The lowest BCUT2D eigenvalue weighted by Gasteiger charge is -2.09. The van der Waals surface area contributed by atoms with Gasteiger partial charge < -0.3 is 9.72 Å². The highest BCUT2D eigenvalue weighted by molar-refractivity contribution is 5.64. The van der Waals surface area contributed by atoms with Gasteiger partial charge in [0.15, 0.2) is 0 Å². The fourth-order valence-corrected chi connectivity index (χ4v) is 2.32. The molecule has 4 heteroatoms. The number of pyridine rings is 1. The molecule has 0 fully saturated rings. The van der Waals surface area contributed by atoms with Crippen molar-refractivity contribution in [1.82, 2.24) is 4.98 Å². The van der Waals surface area contributed by atoms with E-state index in [-0.39, 0.29) is 18.0 Å². The maximum atomic E-state index is 13.8. The Labute approximate surface area is 133 Å². The molecule has 0 aliphatic carbocycles. The fraction of sp³-hybridized carbons (Fsp3) is 0.105. The van der Waals surface area contributed by atoms with Crippen molar-refractivity contribution in [3.63, 3.8) is 0 Å². The molecule has 0 saturated carbocycles. The van der Waals surface area contributed by atoms with Crippen molar-refractivity contribution in [1.29, 1.82) is 0 Å². The molecule has 23 heavy (non-hydrogen) atoms. The summed E-state index contributed by atoms with van der Waals surface area (Å²) < 4.78 is 19.5. The molecular weight excluding hydrogens is 293 g/mol. The number of ether oxygens (including phenoxy) is 1. The first-order chi connectivity index (χ1) is 11.1. The molecule has 0 unspecified atom stereocenters. The van der Waals surface area contributed by atoms with Crippen molar-refractivity contribution in [3.8, 4) is 16.9 Å². The Morgan fingerprint density at radius 2 is 1.87 bits per heavy atom. The van der Waals surface area contributed by atoms with Crippen LogP contribution in [0.4, 0.5) is 4.39 Å². The van der Waals surface area contributed by atoms with Gasteiger partial charge in [0.25, 0.3) is 0 Å². The van der Waals surface area contributed by atoms with E-state index in [1.165, 1.54) is 12.1 Å². The molecule has 116 valence electrons. The fourth-order valence-electron chi connectivity index (χ4n) is 2.32. The SMILES string of the molecule is Cc1ccc(COc2cccc(-c3cc[nH]c(=O)c3)c2)c(F)c1. The first-order valence-corrected chi connectivity index (χ1v) is 7.29. The standard InChI is InChI=1S/C19H16FNO2/c1-13-5-6-16(18(20)9-13)12-23-17-4-2-3-14(10-17)15-7-8-21-19(22)11-15/h2-11H,12H2,1H3,(H,21,22). The van der Waals surface area contributed by atoms with Crippen LogP contribution in [0.3, 0.4) is 0 Å². The van der Waals surface area contributed by atoms with Crippen LogP contribution in [-0.4, -0.2) is 4.98 Å². The predicted octanol–water partition coefficient (Wildman–Crippen LogP) is 4.07. The van der Waals surface area contributed by atoms with E-state index < -0.39 is 0 Å². The number of aromatic nitrogens is 1. The van der Waals surface area contributed by atoms with Crippen LogP contribution in [-0.2, 0) is 6.61 Å². The number of nitrogens with one attached hydrogen (secondary N) is 1. The van der Waals surface area contributed by atoms with Crippen molar-refractivity contribution < 1.29 is 9.13 Å². The van der Waals surface area contributed by atoms with Crippen molar-refractivity contribution in [2.45, 2.75) is 13.5 Å². The number of H-pyrrole nitrogens is 1. The molecule has 0 radical (unpaired) electrons. The average molecular weight is 309 g/mol. The Bertz CT molecular complexity index is 886. The van der Waals surface area contributed by atoms with Crippen LogP contribution >= 0.6 is 0 Å². The summed E-state index contributed by atoms with van der Waals surface area (Å²) in [6.07, 6.45) is 1.60. The number of halogens is 1. The Morgan fingerprint density at radius 3 is 2.65 bits per heavy atom. The Morgan fingerprint density at radius 1 is 1.04 bits per heavy atom. The smallest absolute Gasteiger partial charge is 0.248 e. The van der Waals surface area contributed by atoms with E-state index >= 15 is 0 Å². The lowest BCUT2D eigenvalue weighted by Crippen LogP contribution is -2.02. The van der Waals surface area contributed by atoms with Crippen LogP contribution in [0, 0.1) is 12.7 Å². The molecule has 0 saturated heterocycles. The van der Waals surface area contributed by atoms with Crippen LogP contribution < -0.4 is 10.3 Å². The Kier molecular flexibility index (Phi) is 4.24. The van der Waals surface area contributed by atoms with Crippen molar-refractivity contribution in [3.05, 3.63) is 88.1 Å². The topological polar surface area (TPSA) is 42.1 Å². The number of hydrogen-bond acceptors (Lipinski definition) is 2. The highest BCUT2D eigenvalue weighted by Gasteiger charge is 2.05. The van der Waals surface area contributed by atoms with Crippen LogP contribution in [0.5, 0.6) is 5.75 Å². The molecule has 0 aliphatic rings. The number of benzene rings is 2. The number of aryl methyl sites for hydroxylation is 1. The quantitative estimate of drug-likeness (QED) is 0.789. The second-order valence-electron chi connectivity index (χ2n) is 5.35. The van der Waals surface area contributed by atoms with Gasteiger partial charge in [-0.25, -0.2) is 4.39 Å². The highest BCUT2D eigenvalue weighted by Crippen LogP contribution is 2.23. The van der Waals surface area contributed by atoms with Gasteiger partial charge in [0.1, 0.15) is 18.2 Å². The van der Waals surface area contributed by atoms with Crippen molar-refractivity contribution >= 4 is 0 Å². The summed E-state index contributed by atoms with van der Waals surface area (Å²) in [5.41, 5.74) is 2.91. The number of hydrogen-bond donors (Lipinski definition) is 1. The van der Waals surface area contributed by atoms with Gasteiger partial charge in [-0.3, -0.25) is 4.79 Å². The summed E-state index contributed by atoms with van der Waals surface area (Å²) in [4.78, 5) is 14.0. The normalized spacial score (nSPS) is 10.5. The molecule has 0 bridgehead atoms. The highest BCUT2D eigenvalue weighted by atomic mass is 19.1. The first-order valence-electron chi connectivity index (χ1n) is 7.29. The van der Waals surface area contributed by atoms with Crippen LogP contribution in [0.1, 0.15) is 11.1 Å². The molecule has 3 aromatic rings. The van der Waals surface area contributed by atoms with Gasteiger partial charge in [-0.05, 0) is 47.9 Å². The lowest BCUT2D eigenvalue weighted by molar-refractivity contribution is 0.300. The third-order valence-corrected chi connectivity index (χ3v) is 3.55. The second kappa shape index (κ2) is 6.48. The molecule has 0 atom stereocenters. The summed E-state index contributed by atoms with van der Waals surface area (Å²) in [5, 5.41) is 0. The Balaban J connectivity index is 1.79. The van der Waals surface area contributed by atoms with Crippen LogP contribution in [0.15, 0.2) is 65.6 Å². The summed E-state index contributed by atoms with van der Waals surface area (Å²) in [6.45, 7) is 2.00. The molecule has 1 heterocycles. The zero-order valence-corrected chi connectivity index (χ0v) is 12.7. The summed E-state index contributed by atoms with van der Waals surface area (Å²) >= 11 is 0. The van der Waals surface area contributed by atoms with E-state index in [4.69, 9.17) is 4.74 Å². The van der Waals surface area contributed by atoms with Gasteiger partial charge in [0.2, 0.25) is 5.56 Å². The minimum absolute atomic E-state index is 0.157.